The zero-order chi connectivity index (χ0) is 7.03. The number of aliphatic hydroxyl groups excluding tert-OH is 1. The lowest BCUT2D eigenvalue weighted by atomic mass is 9.62. The molecule has 2 rings (SSSR count). The van der Waals surface area contributed by atoms with Crippen LogP contribution < -0.4 is 0 Å². The van der Waals surface area contributed by atoms with Gasteiger partial charge in [0.25, 0.3) is 0 Å². The lowest BCUT2D eigenvalue weighted by molar-refractivity contribution is -0.123. The van der Waals surface area contributed by atoms with Gasteiger partial charge in [0.1, 0.15) is 0 Å². The standard InChI is InChI=1S/C8H14O2/c9-7-1-2-8(7)3-5-10-6-4-8/h7,9H,1-6H2/t7-/m1/s1. The van der Waals surface area contributed by atoms with E-state index in [-0.39, 0.29) is 11.5 Å². The average molecular weight is 142 g/mol. The number of ether oxygens (including phenoxy) is 1. The highest BCUT2D eigenvalue weighted by Gasteiger charge is 2.46. The molecule has 1 aliphatic carbocycles. The topological polar surface area (TPSA) is 29.5 Å². The van der Waals surface area contributed by atoms with Gasteiger partial charge in [-0.15, -0.1) is 0 Å². The smallest absolute Gasteiger partial charge is 0.0598 e. The molecule has 1 spiro atoms. The van der Waals surface area contributed by atoms with Gasteiger partial charge in [-0.05, 0) is 25.7 Å². The molecule has 0 radical (unpaired) electrons. The van der Waals surface area contributed by atoms with Crippen LogP contribution in [0.5, 0.6) is 0 Å². The minimum Gasteiger partial charge on any atom is -0.393 e. The van der Waals surface area contributed by atoms with E-state index < -0.39 is 0 Å². The molecule has 1 heterocycles. The molecular weight excluding hydrogens is 128 g/mol. The maximum Gasteiger partial charge on any atom is 0.0598 e. The molecule has 1 atom stereocenters. The largest absolute Gasteiger partial charge is 0.393 e. The Hall–Kier alpha value is -0.0800. The van der Waals surface area contributed by atoms with Crippen LogP contribution in [0.25, 0.3) is 0 Å². The van der Waals surface area contributed by atoms with E-state index in [0.717, 1.165) is 32.5 Å². The number of rotatable bonds is 0. The van der Waals surface area contributed by atoms with Gasteiger partial charge in [0, 0.05) is 18.6 Å². The molecule has 58 valence electrons. The van der Waals surface area contributed by atoms with Crippen molar-refractivity contribution in [1.29, 1.82) is 0 Å². The van der Waals surface area contributed by atoms with Crippen molar-refractivity contribution in [2.45, 2.75) is 31.8 Å². The predicted octanol–water partition coefficient (Wildman–Crippen LogP) is 0.938. The van der Waals surface area contributed by atoms with Crippen molar-refractivity contribution in [3.63, 3.8) is 0 Å². The number of hydrogen-bond acceptors (Lipinski definition) is 2. The van der Waals surface area contributed by atoms with Crippen molar-refractivity contribution >= 4 is 0 Å². The van der Waals surface area contributed by atoms with E-state index in [1.54, 1.807) is 0 Å². The second-order valence-electron chi connectivity index (χ2n) is 3.53. The summed E-state index contributed by atoms with van der Waals surface area (Å²) in [5.74, 6) is 0. The monoisotopic (exact) mass is 142 g/mol. The van der Waals surface area contributed by atoms with Crippen molar-refractivity contribution in [2.75, 3.05) is 13.2 Å². The molecule has 0 aromatic rings. The summed E-state index contributed by atoms with van der Waals surface area (Å²) in [6.07, 6.45) is 4.37. The maximum absolute atomic E-state index is 9.47. The highest BCUT2D eigenvalue weighted by atomic mass is 16.5. The Morgan fingerprint density at radius 2 is 1.90 bits per heavy atom. The van der Waals surface area contributed by atoms with Gasteiger partial charge in [-0.25, -0.2) is 0 Å². The minimum atomic E-state index is -0.0172. The molecule has 1 saturated carbocycles. The fourth-order valence-electron chi connectivity index (χ4n) is 2.04. The van der Waals surface area contributed by atoms with Crippen LogP contribution in [0.4, 0.5) is 0 Å². The molecule has 0 unspecified atom stereocenters. The SMILES string of the molecule is O[C@@H]1CCC12CCOCC2. The summed E-state index contributed by atoms with van der Waals surface area (Å²) in [4.78, 5) is 0. The number of aliphatic hydroxyl groups is 1. The second kappa shape index (κ2) is 2.21. The first-order valence-corrected chi connectivity index (χ1v) is 4.09. The van der Waals surface area contributed by atoms with Crippen molar-refractivity contribution in [1.82, 2.24) is 0 Å². The van der Waals surface area contributed by atoms with E-state index in [1.165, 1.54) is 6.42 Å². The van der Waals surface area contributed by atoms with Gasteiger partial charge in [-0.3, -0.25) is 0 Å². The van der Waals surface area contributed by atoms with Crippen molar-refractivity contribution in [2.24, 2.45) is 5.41 Å². The Balaban J connectivity index is 1.99. The Labute approximate surface area is 61.2 Å². The summed E-state index contributed by atoms with van der Waals surface area (Å²) < 4.78 is 5.24. The molecule has 2 fully saturated rings. The normalized spacial score (nSPS) is 37.5. The average Bonchev–Trinajstić information content (AvgIpc) is 2.04. The van der Waals surface area contributed by atoms with Crippen LogP contribution in [0.1, 0.15) is 25.7 Å². The fraction of sp³-hybridized carbons (Fsp3) is 1.00. The van der Waals surface area contributed by atoms with Gasteiger partial charge in [0.2, 0.25) is 0 Å². The summed E-state index contributed by atoms with van der Waals surface area (Å²) in [7, 11) is 0. The highest BCUT2D eigenvalue weighted by molar-refractivity contribution is 4.96. The van der Waals surface area contributed by atoms with Crippen LogP contribution in [-0.4, -0.2) is 24.4 Å². The van der Waals surface area contributed by atoms with E-state index in [9.17, 15) is 5.11 Å². The van der Waals surface area contributed by atoms with Gasteiger partial charge in [-0.2, -0.15) is 0 Å². The third-order valence-corrected chi connectivity index (χ3v) is 3.11. The second-order valence-corrected chi connectivity index (χ2v) is 3.53. The predicted molar refractivity (Wildman–Crippen MR) is 37.7 cm³/mol. The molecule has 2 nitrogen and oxygen atoms in total. The van der Waals surface area contributed by atoms with Crippen molar-refractivity contribution < 1.29 is 9.84 Å². The van der Waals surface area contributed by atoms with Crippen LogP contribution in [0.2, 0.25) is 0 Å². The molecule has 1 saturated heterocycles. The molecule has 2 heteroatoms. The van der Waals surface area contributed by atoms with Crippen LogP contribution in [0.15, 0.2) is 0 Å². The van der Waals surface area contributed by atoms with Gasteiger partial charge >= 0.3 is 0 Å². The molecule has 1 N–H and O–H groups in total. The Bertz CT molecular complexity index is 127. The van der Waals surface area contributed by atoms with Crippen molar-refractivity contribution in [3.05, 3.63) is 0 Å². The van der Waals surface area contributed by atoms with Crippen LogP contribution in [-0.2, 0) is 4.74 Å². The molecule has 0 aromatic carbocycles. The van der Waals surface area contributed by atoms with Gasteiger partial charge in [0.15, 0.2) is 0 Å². The fourth-order valence-corrected chi connectivity index (χ4v) is 2.04. The molecule has 1 aliphatic heterocycles. The van der Waals surface area contributed by atoms with E-state index in [2.05, 4.69) is 0 Å². The van der Waals surface area contributed by atoms with E-state index in [0.29, 0.717) is 0 Å². The quantitative estimate of drug-likeness (QED) is 0.545. The first kappa shape index (κ1) is 6.62. The van der Waals surface area contributed by atoms with E-state index in [1.807, 2.05) is 0 Å². The summed E-state index contributed by atoms with van der Waals surface area (Å²) in [5, 5.41) is 9.47. The molecular formula is C8H14O2. The first-order chi connectivity index (χ1) is 4.83. The Kier molecular flexibility index (Phi) is 1.46. The van der Waals surface area contributed by atoms with E-state index >= 15 is 0 Å². The summed E-state index contributed by atoms with van der Waals surface area (Å²) in [5.41, 5.74) is 0.290. The minimum absolute atomic E-state index is 0.0172. The Morgan fingerprint density at radius 1 is 1.20 bits per heavy atom. The first-order valence-electron chi connectivity index (χ1n) is 4.09. The van der Waals surface area contributed by atoms with Crippen molar-refractivity contribution in [3.8, 4) is 0 Å². The molecule has 10 heavy (non-hydrogen) atoms. The molecule has 0 amide bonds. The zero-order valence-electron chi connectivity index (χ0n) is 6.18. The van der Waals surface area contributed by atoms with E-state index in [4.69, 9.17) is 4.74 Å². The third kappa shape index (κ3) is 0.789. The van der Waals surface area contributed by atoms with Gasteiger partial charge < -0.3 is 9.84 Å². The highest BCUT2D eigenvalue weighted by Crippen LogP contribution is 2.48. The molecule has 0 bridgehead atoms. The van der Waals surface area contributed by atoms with Gasteiger partial charge in [-0.1, -0.05) is 0 Å². The van der Waals surface area contributed by atoms with Crippen LogP contribution in [0, 0.1) is 5.41 Å². The van der Waals surface area contributed by atoms with Crippen LogP contribution >= 0.6 is 0 Å². The van der Waals surface area contributed by atoms with Gasteiger partial charge in [0.05, 0.1) is 6.10 Å². The lowest BCUT2D eigenvalue weighted by Gasteiger charge is -2.49. The Morgan fingerprint density at radius 3 is 2.20 bits per heavy atom. The van der Waals surface area contributed by atoms with Crippen LogP contribution in [0.3, 0.4) is 0 Å². The summed E-state index contributed by atoms with van der Waals surface area (Å²) in [6, 6.07) is 0. The summed E-state index contributed by atoms with van der Waals surface area (Å²) in [6.45, 7) is 1.72. The maximum atomic E-state index is 9.47. The molecule has 0 aromatic heterocycles. The lowest BCUT2D eigenvalue weighted by Crippen LogP contribution is -2.48. The third-order valence-electron chi connectivity index (χ3n) is 3.11. The summed E-state index contributed by atoms with van der Waals surface area (Å²) >= 11 is 0. The number of hydrogen-bond donors (Lipinski definition) is 1. The molecule has 2 aliphatic rings. The zero-order valence-corrected chi connectivity index (χ0v) is 6.18.